The fraction of sp³-hybridized carbons (Fsp3) is 0.700. The topological polar surface area (TPSA) is 107 Å². The molecule has 0 aliphatic carbocycles. The number of nitrogens with zero attached hydrogens (tertiary/aromatic N) is 1. The lowest BCUT2D eigenvalue weighted by molar-refractivity contribution is -0.140. The normalized spacial score (nSPS) is 11.6. The highest BCUT2D eigenvalue weighted by Gasteiger charge is 2.22. The Morgan fingerprint density at radius 3 is 2.06 bits per heavy atom. The molecule has 98 valence electrons. The van der Waals surface area contributed by atoms with Crippen LogP contribution in [0.5, 0.6) is 0 Å². The maximum atomic E-state index is 11.6. The molecule has 1 atom stereocenters. The zero-order valence-corrected chi connectivity index (χ0v) is 9.97. The number of carboxylic acids is 2. The second-order valence-electron chi connectivity index (χ2n) is 3.45. The van der Waals surface area contributed by atoms with Gasteiger partial charge in [-0.2, -0.15) is 0 Å². The van der Waals surface area contributed by atoms with Gasteiger partial charge in [-0.15, -0.1) is 0 Å². The van der Waals surface area contributed by atoms with Gasteiger partial charge in [0.05, 0.1) is 0 Å². The first-order valence-electron chi connectivity index (χ1n) is 5.42. The number of carbonyl (C=O) groups excluding carboxylic acids is 1. The summed E-state index contributed by atoms with van der Waals surface area (Å²) in [6, 6.07) is -1.66. The monoisotopic (exact) mass is 246 g/mol. The Bertz CT molecular complexity index is 288. The van der Waals surface area contributed by atoms with E-state index < -0.39 is 24.0 Å². The van der Waals surface area contributed by atoms with Crippen LogP contribution in [-0.2, 0) is 9.59 Å². The molecule has 0 aliphatic rings. The first-order chi connectivity index (χ1) is 7.92. The number of hydrogen-bond acceptors (Lipinski definition) is 3. The van der Waals surface area contributed by atoms with Gasteiger partial charge in [0.15, 0.2) is 0 Å². The number of nitrogens with one attached hydrogen (secondary N) is 1. The summed E-state index contributed by atoms with van der Waals surface area (Å²) in [4.78, 5) is 34.2. The number of aliphatic carboxylic acids is 2. The molecule has 17 heavy (non-hydrogen) atoms. The van der Waals surface area contributed by atoms with Gasteiger partial charge in [-0.25, -0.2) is 9.59 Å². The van der Waals surface area contributed by atoms with E-state index in [1.54, 1.807) is 13.8 Å². The quantitative estimate of drug-likeness (QED) is 0.601. The SMILES string of the molecule is CCN(CC)C(=O)NC(CCC(=O)O)C(=O)O. The van der Waals surface area contributed by atoms with Crippen molar-refractivity contribution in [3.63, 3.8) is 0 Å². The molecule has 0 bridgehead atoms. The Labute approximate surface area is 99.4 Å². The van der Waals surface area contributed by atoms with Crippen molar-refractivity contribution in [1.29, 1.82) is 0 Å². The van der Waals surface area contributed by atoms with Gasteiger partial charge < -0.3 is 20.4 Å². The number of carboxylic acid groups (broad SMARTS) is 2. The van der Waals surface area contributed by atoms with Crippen molar-refractivity contribution in [3.8, 4) is 0 Å². The van der Waals surface area contributed by atoms with Gasteiger partial charge in [0.1, 0.15) is 6.04 Å². The van der Waals surface area contributed by atoms with Crippen molar-refractivity contribution >= 4 is 18.0 Å². The molecule has 7 heteroatoms. The Balaban J connectivity index is 4.38. The molecule has 3 N–H and O–H groups in total. The molecule has 0 spiro atoms. The standard InChI is InChI=1S/C10H18N2O5/c1-3-12(4-2)10(17)11-7(9(15)16)5-6-8(13)14/h7H,3-6H2,1-2H3,(H,11,17)(H,13,14)(H,15,16). The predicted octanol–water partition coefficient (Wildman–Crippen LogP) is 0.356. The molecular formula is C10H18N2O5. The molecule has 0 rings (SSSR count). The Hall–Kier alpha value is -1.79. The summed E-state index contributed by atoms with van der Waals surface area (Å²) in [5, 5.41) is 19.6. The van der Waals surface area contributed by atoms with Crippen LogP contribution in [0.4, 0.5) is 4.79 Å². The Morgan fingerprint density at radius 2 is 1.71 bits per heavy atom. The second kappa shape index (κ2) is 7.48. The summed E-state index contributed by atoms with van der Waals surface area (Å²) >= 11 is 0. The maximum absolute atomic E-state index is 11.6. The Morgan fingerprint density at radius 1 is 1.18 bits per heavy atom. The van der Waals surface area contributed by atoms with E-state index in [-0.39, 0.29) is 12.8 Å². The molecule has 0 saturated heterocycles. The summed E-state index contributed by atoms with van der Waals surface area (Å²) in [5.41, 5.74) is 0. The first-order valence-corrected chi connectivity index (χ1v) is 5.42. The fourth-order valence-corrected chi connectivity index (χ4v) is 1.28. The van der Waals surface area contributed by atoms with Crippen LogP contribution in [0.25, 0.3) is 0 Å². The van der Waals surface area contributed by atoms with E-state index in [1.807, 2.05) is 0 Å². The van der Waals surface area contributed by atoms with Crippen LogP contribution >= 0.6 is 0 Å². The lowest BCUT2D eigenvalue weighted by Gasteiger charge is -2.22. The number of hydrogen-bond donors (Lipinski definition) is 3. The largest absolute Gasteiger partial charge is 0.481 e. The minimum absolute atomic E-state index is 0.127. The molecule has 0 radical (unpaired) electrons. The molecule has 0 fully saturated rings. The first kappa shape index (κ1) is 15.2. The molecule has 0 heterocycles. The van der Waals surface area contributed by atoms with Crippen LogP contribution in [-0.4, -0.2) is 52.2 Å². The molecule has 0 aromatic rings. The van der Waals surface area contributed by atoms with Gasteiger partial charge in [0, 0.05) is 19.5 Å². The van der Waals surface area contributed by atoms with Crippen molar-refractivity contribution in [3.05, 3.63) is 0 Å². The van der Waals surface area contributed by atoms with Gasteiger partial charge in [0.2, 0.25) is 0 Å². The summed E-state index contributed by atoms with van der Waals surface area (Å²) in [6.07, 6.45) is -0.423. The average Bonchev–Trinajstić information content (AvgIpc) is 2.25. The third kappa shape index (κ3) is 5.74. The van der Waals surface area contributed by atoms with Crippen LogP contribution in [0.1, 0.15) is 26.7 Å². The van der Waals surface area contributed by atoms with E-state index in [0.29, 0.717) is 13.1 Å². The lowest BCUT2D eigenvalue weighted by atomic mass is 10.1. The zero-order valence-electron chi connectivity index (χ0n) is 9.97. The Kier molecular flexibility index (Phi) is 6.69. The summed E-state index contributed by atoms with van der Waals surface area (Å²) in [6.45, 7) is 4.48. The van der Waals surface area contributed by atoms with Gasteiger partial charge >= 0.3 is 18.0 Å². The van der Waals surface area contributed by atoms with Gasteiger partial charge in [-0.3, -0.25) is 4.79 Å². The van der Waals surface area contributed by atoms with Crippen LogP contribution in [0, 0.1) is 0 Å². The molecule has 0 aromatic heterocycles. The number of amides is 2. The van der Waals surface area contributed by atoms with Crippen molar-refractivity contribution < 1.29 is 24.6 Å². The van der Waals surface area contributed by atoms with Crippen molar-refractivity contribution in [1.82, 2.24) is 10.2 Å². The second-order valence-corrected chi connectivity index (χ2v) is 3.45. The number of rotatable bonds is 7. The van der Waals surface area contributed by atoms with E-state index in [1.165, 1.54) is 4.90 Å². The summed E-state index contributed by atoms with van der Waals surface area (Å²) in [5.74, 6) is -2.32. The lowest BCUT2D eigenvalue weighted by Crippen LogP contribution is -2.48. The van der Waals surface area contributed by atoms with E-state index in [0.717, 1.165) is 0 Å². The minimum atomic E-state index is -1.23. The average molecular weight is 246 g/mol. The van der Waals surface area contributed by atoms with E-state index >= 15 is 0 Å². The zero-order chi connectivity index (χ0) is 13.4. The molecule has 0 saturated carbocycles. The van der Waals surface area contributed by atoms with Crippen LogP contribution in [0.15, 0.2) is 0 Å². The number of carbonyl (C=O) groups is 3. The highest BCUT2D eigenvalue weighted by Crippen LogP contribution is 2.00. The van der Waals surface area contributed by atoms with Gasteiger partial charge in [-0.05, 0) is 20.3 Å². The van der Waals surface area contributed by atoms with Crippen molar-refractivity contribution in [2.75, 3.05) is 13.1 Å². The smallest absolute Gasteiger partial charge is 0.326 e. The van der Waals surface area contributed by atoms with Crippen molar-refractivity contribution in [2.24, 2.45) is 0 Å². The molecule has 0 aromatic carbocycles. The fourth-order valence-electron chi connectivity index (χ4n) is 1.28. The van der Waals surface area contributed by atoms with Gasteiger partial charge in [-0.1, -0.05) is 0 Å². The molecular weight excluding hydrogens is 228 g/mol. The van der Waals surface area contributed by atoms with E-state index in [9.17, 15) is 14.4 Å². The van der Waals surface area contributed by atoms with Crippen LogP contribution in [0.3, 0.4) is 0 Å². The van der Waals surface area contributed by atoms with Crippen LogP contribution < -0.4 is 5.32 Å². The maximum Gasteiger partial charge on any atom is 0.326 e. The predicted molar refractivity (Wildman–Crippen MR) is 59.7 cm³/mol. The van der Waals surface area contributed by atoms with Crippen LogP contribution in [0.2, 0.25) is 0 Å². The highest BCUT2D eigenvalue weighted by molar-refractivity contribution is 5.83. The molecule has 0 aliphatic heterocycles. The van der Waals surface area contributed by atoms with Gasteiger partial charge in [0.25, 0.3) is 0 Å². The third-order valence-corrected chi connectivity index (χ3v) is 2.29. The summed E-state index contributed by atoms with van der Waals surface area (Å²) < 4.78 is 0. The molecule has 7 nitrogen and oxygen atoms in total. The highest BCUT2D eigenvalue weighted by atomic mass is 16.4. The summed E-state index contributed by atoms with van der Waals surface area (Å²) in [7, 11) is 0. The third-order valence-electron chi connectivity index (χ3n) is 2.29. The van der Waals surface area contributed by atoms with E-state index in [2.05, 4.69) is 5.32 Å². The van der Waals surface area contributed by atoms with Crippen molar-refractivity contribution in [2.45, 2.75) is 32.7 Å². The molecule has 1 unspecified atom stereocenters. The minimum Gasteiger partial charge on any atom is -0.481 e. The molecule has 2 amide bonds. The number of urea groups is 1. The van der Waals surface area contributed by atoms with E-state index in [4.69, 9.17) is 10.2 Å².